The molecule has 0 aromatic heterocycles. The number of benzene rings is 1. The Morgan fingerprint density at radius 2 is 1.95 bits per heavy atom. The second kappa shape index (κ2) is 5.08. The van der Waals surface area contributed by atoms with Gasteiger partial charge in [-0.3, -0.25) is 4.79 Å². The topological polar surface area (TPSA) is 83.9 Å². The molecule has 104 valence electrons. The molecule has 1 fully saturated rings. The summed E-state index contributed by atoms with van der Waals surface area (Å²) in [7, 11) is -1.64. The number of rotatable bonds is 2. The van der Waals surface area contributed by atoms with Gasteiger partial charge in [-0.2, -0.15) is 0 Å². The SMILES string of the molecule is COc1cccc(C(=O)N2CCS(=O)(=O)CC2)c1O. The number of phenolic OH excluding ortho intramolecular Hbond substituents is 1. The van der Waals surface area contributed by atoms with E-state index in [-0.39, 0.29) is 47.6 Å². The Morgan fingerprint density at radius 1 is 1.32 bits per heavy atom. The number of sulfone groups is 1. The fraction of sp³-hybridized carbons (Fsp3) is 0.417. The lowest BCUT2D eigenvalue weighted by atomic mass is 10.1. The van der Waals surface area contributed by atoms with E-state index < -0.39 is 9.84 Å². The fourth-order valence-corrected chi connectivity index (χ4v) is 3.15. The Bertz CT molecular complexity index is 582. The van der Waals surface area contributed by atoms with Crippen LogP contribution in [0.2, 0.25) is 0 Å². The summed E-state index contributed by atoms with van der Waals surface area (Å²) < 4.78 is 27.6. The fourth-order valence-electron chi connectivity index (χ4n) is 1.95. The van der Waals surface area contributed by atoms with Crippen LogP contribution < -0.4 is 4.74 Å². The van der Waals surface area contributed by atoms with Crippen molar-refractivity contribution in [3.05, 3.63) is 23.8 Å². The van der Waals surface area contributed by atoms with Crippen LogP contribution in [0.5, 0.6) is 11.5 Å². The highest BCUT2D eigenvalue weighted by atomic mass is 32.2. The Balaban J connectivity index is 2.21. The van der Waals surface area contributed by atoms with Gasteiger partial charge in [-0.25, -0.2) is 8.42 Å². The molecule has 0 aliphatic carbocycles. The van der Waals surface area contributed by atoms with Crippen LogP contribution in [0.25, 0.3) is 0 Å². The number of nitrogens with zero attached hydrogens (tertiary/aromatic N) is 1. The Kier molecular flexibility index (Phi) is 3.66. The van der Waals surface area contributed by atoms with Gasteiger partial charge in [-0.1, -0.05) is 6.07 Å². The van der Waals surface area contributed by atoms with Crippen molar-refractivity contribution >= 4 is 15.7 Å². The lowest BCUT2D eigenvalue weighted by molar-refractivity contribution is 0.0766. The Morgan fingerprint density at radius 3 is 2.53 bits per heavy atom. The standard InChI is InChI=1S/C12H15NO5S/c1-18-10-4-2-3-9(11(10)14)12(15)13-5-7-19(16,17)8-6-13/h2-4,14H,5-8H2,1H3. The molecule has 1 aromatic carbocycles. The first-order valence-corrected chi connectivity index (χ1v) is 7.62. The van der Waals surface area contributed by atoms with Crippen molar-refractivity contribution < 1.29 is 23.1 Å². The molecule has 1 heterocycles. The van der Waals surface area contributed by atoms with Crippen molar-refractivity contribution in [2.75, 3.05) is 31.7 Å². The zero-order chi connectivity index (χ0) is 14.0. The first-order valence-electron chi connectivity index (χ1n) is 5.80. The average Bonchev–Trinajstić information content (AvgIpc) is 2.38. The van der Waals surface area contributed by atoms with Gasteiger partial charge in [0.25, 0.3) is 5.91 Å². The highest BCUT2D eigenvalue weighted by molar-refractivity contribution is 7.91. The third kappa shape index (κ3) is 2.81. The lowest BCUT2D eigenvalue weighted by Crippen LogP contribution is -2.43. The summed E-state index contributed by atoms with van der Waals surface area (Å²) in [6.45, 7) is 0.301. The van der Waals surface area contributed by atoms with Gasteiger partial charge in [0.05, 0.1) is 24.2 Å². The van der Waals surface area contributed by atoms with Gasteiger partial charge < -0.3 is 14.7 Å². The van der Waals surface area contributed by atoms with Crippen molar-refractivity contribution in [3.8, 4) is 11.5 Å². The maximum atomic E-state index is 12.2. The smallest absolute Gasteiger partial charge is 0.257 e. The molecule has 1 aliphatic heterocycles. The summed E-state index contributed by atoms with van der Waals surface area (Å²) in [4.78, 5) is 13.6. The van der Waals surface area contributed by atoms with Crippen LogP contribution in [-0.4, -0.2) is 56.0 Å². The summed E-state index contributed by atoms with van der Waals surface area (Å²) in [5, 5.41) is 9.90. The summed E-state index contributed by atoms with van der Waals surface area (Å²) in [5.74, 6) is -0.461. The molecule has 19 heavy (non-hydrogen) atoms. The van der Waals surface area contributed by atoms with Gasteiger partial charge in [-0.15, -0.1) is 0 Å². The van der Waals surface area contributed by atoms with E-state index in [9.17, 15) is 18.3 Å². The van der Waals surface area contributed by atoms with Gasteiger partial charge >= 0.3 is 0 Å². The number of carbonyl (C=O) groups excluding carboxylic acids is 1. The van der Waals surface area contributed by atoms with Gasteiger partial charge in [0, 0.05) is 13.1 Å². The lowest BCUT2D eigenvalue weighted by Gasteiger charge is -2.27. The number of amides is 1. The molecule has 1 aromatic rings. The normalized spacial score (nSPS) is 18.1. The maximum Gasteiger partial charge on any atom is 0.257 e. The third-order valence-corrected chi connectivity index (χ3v) is 4.69. The van der Waals surface area contributed by atoms with Crippen molar-refractivity contribution in [2.45, 2.75) is 0 Å². The first kappa shape index (κ1) is 13.7. The van der Waals surface area contributed by atoms with Gasteiger partial charge in [-0.05, 0) is 12.1 Å². The highest BCUT2D eigenvalue weighted by Crippen LogP contribution is 2.30. The van der Waals surface area contributed by atoms with Crippen molar-refractivity contribution in [2.24, 2.45) is 0 Å². The summed E-state index contributed by atoms with van der Waals surface area (Å²) >= 11 is 0. The van der Waals surface area contributed by atoms with Crippen LogP contribution >= 0.6 is 0 Å². The molecule has 0 spiro atoms. The number of hydrogen-bond donors (Lipinski definition) is 1. The van der Waals surface area contributed by atoms with Crippen molar-refractivity contribution in [1.82, 2.24) is 4.90 Å². The van der Waals surface area contributed by atoms with Gasteiger partial charge in [0.15, 0.2) is 21.3 Å². The number of hydrogen-bond acceptors (Lipinski definition) is 5. The molecule has 1 amide bonds. The molecule has 0 atom stereocenters. The highest BCUT2D eigenvalue weighted by Gasteiger charge is 2.27. The quantitative estimate of drug-likeness (QED) is 0.843. The van der Waals surface area contributed by atoms with Gasteiger partial charge in [0.2, 0.25) is 0 Å². The van der Waals surface area contributed by atoms with E-state index >= 15 is 0 Å². The number of para-hydroxylation sites is 1. The van der Waals surface area contributed by atoms with Crippen LogP contribution in [0.3, 0.4) is 0 Å². The van der Waals surface area contributed by atoms with E-state index in [0.717, 1.165) is 0 Å². The van der Waals surface area contributed by atoms with E-state index in [4.69, 9.17) is 4.74 Å². The van der Waals surface area contributed by atoms with Crippen LogP contribution in [0.15, 0.2) is 18.2 Å². The molecule has 6 nitrogen and oxygen atoms in total. The van der Waals surface area contributed by atoms with E-state index in [0.29, 0.717) is 0 Å². The summed E-state index contributed by atoms with van der Waals surface area (Å²) in [5.41, 5.74) is 0.124. The predicted octanol–water partition coefficient (Wildman–Crippen LogP) is 0.271. The van der Waals surface area contributed by atoms with E-state index in [1.54, 1.807) is 12.1 Å². The minimum absolute atomic E-state index is 0.0382. The molecule has 0 bridgehead atoms. The number of carbonyl (C=O) groups is 1. The minimum Gasteiger partial charge on any atom is -0.504 e. The average molecular weight is 285 g/mol. The molecule has 0 radical (unpaired) electrons. The van der Waals surface area contributed by atoms with Gasteiger partial charge in [0.1, 0.15) is 0 Å². The molecular weight excluding hydrogens is 270 g/mol. The van der Waals surface area contributed by atoms with Crippen LogP contribution in [-0.2, 0) is 9.84 Å². The van der Waals surface area contributed by atoms with Crippen LogP contribution in [0, 0.1) is 0 Å². The van der Waals surface area contributed by atoms with E-state index in [2.05, 4.69) is 0 Å². The largest absolute Gasteiger partial charge is 0.504 e. The minimum atomic E-state index is -3.04. The zero-order valence-electron chi connectivity index (χ0n) is 10.5. The number of phenols is 1. The second-order valence-corrected chi connectivity index (χ2v) is 6.60. The molecule has 1 N–H and O–H groups in total. The van der Waals surface area contributed by atoms with Crippen LogP contribution in [0.1, 0.15) is 10.4 Å². The molecule has 0 unspecified atom stereocenters. The van der Waals surface area contributed by atoms with E-state index in [1.165, 1.54) is 18.1 Å². The number of ether oxygens (including phenoxy) is 1. The molecule has 2 rings (SSSR count). The molecular formula is C12H15NO5S. The van der Waals surface area contributed by atoms with Crippen LogP contribution in [0.4, 0.5) is 0 Å². The number of aromatic hydroxyl groups is 1. The summed E-state index contributed by atoms with van der Waals surface area (Å²) in [6.07, 6.45) is 0. The molecule has 0 saturated carbocycles. The Labute approximate surface area is 111 Å². The predicted molar refractivity (Wildman–Crippen MR) is 69.2 cm³/mol. The van der Waals surface area contributed by atoms with Crippen molar-refractivity contribution in [3.63, 3.8) is 0 Å². The number of methoxy groups -OCH3 is 1. The maximum absolute atomic E-state index is 12.2. The Hall–Kier alpha value is -1.76. The van der Waals surface area contributed by atoms with Crippen molar-refractivity contribution in [1.29, 1.82) is 0 Å². The second-order valence-electron chi connectivity index (χ2n) is 4.30. The summed E-state index contributed by atoms with van der Waals surface area (Å²) in [6, 6.07) is 4.64. The molecule has 1 saturated heterocycles. The third-order valence-electron chi connectivity index (χ3n) is 3.08. The monoisotopic (exact) mass is 285 g/mol. The zero-order valence-corrected chi connectivity index (χ0v) is 11.3. The van der Waals surface area contributed by atoms with E-state index in [1.807, 2.05) is 0 Å². The molecule has 1 aliphatic rings. The molecule has 7 heteroatoms. The first-order chi connectivity index (χ1) is 8.94.